The maximum absolute atomic E-state index is 9.57. The van der Waals surface area contributed by atoms with Gasteiger partial charge in [-0.05, 0) is 5.56 Å². The van der Waals surface area contributed by atoms with Crippen LogP contribution in [0.3, 0.4) is 0 Å². The van der Waals surface area contributed by atoms with E-state index in [1.165, 1.54) is 12.4 Å². The van der Waals surface area contributed by atoms with Crippen molar-refractivity contribution in [2.24, 2.45) is 10.3 Å². The van der Waals surface area contributed by atoms with Gasteiger partial charge < -0.3 is 0 Å². The average molecular weight is 175 g/mol. The molecule has 13 heavy (non-hydrogen) atoms. The third-order valence-electron chi connectivity index (χ3n) is 1.31. The summed E-state index contributed by atoms with van der Waals surface area (Å²) in [5.74, 6) is 0. The van der Waals surface area contributed by atoms with Crippen LogP contribution in [0.2, 0.25) is 0 Å². The van der Waals surface area contributed by atoms with E-state index in [1.807, 2.05) is 30.3 Å². The maximum Gasteiger partial charge on any atom is 0.0541 e. The summed E-state index contributed by atoms with van der Waals surface area (Å²) in [6.45, 7) is 0. The lowest BCUT2D eigenvalue weighted by molar-refractivity contribution is 0.950. The second-order valence-corrected chi connectivity index (χ2v) is 2.22. The Morgan fingerprint density at radius 1 is 1.23 bits per heavy atom. The van der Waals surface area contributed by atoms with Crippen LogP contribution < -0.4 is 5.43 Å². The van der Waals surface area contributed by atoms with E-state index < -0.39 is 0 Å². The Balaban J connectivity index is 2.45. The second kappa shape index (κ2) is 5.65. The van der Waals surface area contributed by atoms with Gasteiger partial charge in [0.15, 0.2) is 0 Å². The number of hydrogen-bond donors (Lipinski definition) is 1. The highest BCUT2D eigenvalue weighted by molar-refractivity contribution is 5.79. The molecule has 0 aromatic heterocycles. The summed E-state index contributed by atoms with van der Waals surface area (Å²) in [6, 6.07) is 9.66. The van der Waals surface area contributed by atoms with E-state index in [0.29, 0.717) is 0 Å². The Bertz CT molecular complexity index is 306. The summed E-state index contributed by atoms with van der Waals surface area (Å²) in [6.07, 6.45) is 4.49. The molecule has 0 amide bonds. The van der Waals surface area contributed by atoms with Crippen molar-refractivity contribution >= 4 is 6.21 Å². The van der Waals surface area contributed by atoms with Crippen molar-refractivity contribution in [1.82, 2.24) is 5.43 Å². The molecule has 0 aliphatic heterocycles. The van der Waals surface area contributed by atoms with Crippen molar-refractivity contribution in [3.05, 3.63) is 53.2 Å². The van der Waals surface area contributed by atoms with Gasteiger partial charge in [-0.3, -0.25) is 4.99 Å². The number of nitrogens with one attached hydrogen (secondary N) is 1. The first-order valence-corrected chi connectivity index (χ1v) is 3.74. The van der Waals surface area contributed by atoms with E-state index in [9.17, 15) is 4.91 Å². The van der Waals surface area contributed by atoms with E-state index in [-0.39, 0.29) is 0 Å². The van der Waals surface area contributed by atoms with Gasteiger partial charge in [-0.1, -0.05) is 30.3 Å². The zero-order chi connectivity index (χ0) is 9.36. The molecule has 0 spiro atoms. The fourth-order valence-electron chi connectivity index (χ4n) is 0.775. The highest BCUT2D eigenvalue weighted by Gasteiger charge is 1.80. The molecule has 1 aromatic carbocycles. The van der Waals surface area contributed by atoms with Gasteiger partial charge in [0.1, 0.15) is 0 Å². The molecule has 1 aromatic rings. The first-order valence-electron chi connectivity index (χ1n) is 3.74. The summed E-state index contributed by atoms with van der Waals surface area (Å²) in [5, 5.41) is 2.42. The van der Waals surface area contributed by atoms with Crippen LogP contribution in [0.25, 0.3) is 0 Å². The molecule has 0 unspecified atom stereocenters. The van der Waals surface area contributed by atoms with Gasteiger partial charge in [-0.2, -0.15) is 0 Å². The Morgan fingerprint density at radius 3 is 2.69 bits per heavy atom. The molecule has 4 heteroatoms. The highest BCUT2D eigenvalue weighted by atomic mass is 16.3. The maximum atomic E-state index is 9.57. The molecule has 66 valence electrons. The van der Waals surface area contributed by atoms with Crippen LogP contribution in [-0.2, 0) is 0 Å². The molecule has 0 aliphatic carbocycles. The predicted molar refractivity (Wildman–Crippen MR) is 52.1 cm³/mol. The minimum absolute atomic E-state index is 1.01. The number of rotatable bonds is 4. The fraction of sp³-hybridized carbons (Fsp3) is 0. The second-order valence-electron chi connectivity index (χ2n) is 2.22. The van der Waals surface area contributed by atoms with E-state index in [0.717, 1.165) is 5.56 Å². The van der Waals surface area contributed by atoms with Crippen LogP contribution in [0.15, 0.2) is 53.0 Å². The van der Waals surface area contributed by atoms with Gasteiger partial charge in [0, 0.05) is 18.6 Å². The lowest BCUT2D eigenvalue weighted by Gasteiger charge is -1.87. The molecule has 0 fully saturated rings. The Labute approximate surface area is 75.9 Å². The van der Waals surface area contributed by atoms with Gasteiger partial charge in [0.2, 0.25) is 0 Å². The molecule has 0 aliphatic rings. The normalized spacial score (nSPS) is 10.8. The van der Waals surface area contributed by atoms with Gasteiger partial charge >= 0.3 is 0 Å². The molecule has 1 N–H and O–H groups in total. The molecule has 0 radical (unpaired) electrons. The van der Waals surface area contributed by atoms with Crippen LogP contribution in [0, 0.1) is 4.91 Å². The van der Waals surface area contributed by atoms with Crippen molar-refractivity contribution in [1.29, 1.82) is 0 Å². The molecular formula is C9H9N3O. The van der Waals surface area contributed by atoms with Crippen LogP contribution >= 0.6 is 0 Å². The van der Waals surface area contributed by atoms with Crippen molar-refractivity contribution in [3.63, 3.8) is 0 Å². The average Bonchev–Trinajstić information content (AvgIpc) is 2.19. The van der Waals surface area contributed by atoms with Crippen molar-refractivity contribution in [2.45, 2.75) is 0 Å². The summed E-state index contributed by atoms with van der Waals surface area (Å²) in [5.41, 5.74) is 3.12. The first-order chi connectivity index (χ1) is 6.43. The fourth-order valence-corrected chi connectivity index (χ4v) is 0.775. The van der Waals surface area contributed by atoms with E-state index in [1.54, 1.807) is 6.21 Å². The Kier molecular flexibility index (Phi) is 3.96. The molecule has 1 rings (SSSR count). The van der Waals surface area contributed by atoms with Crippen LogP contribution in [0.1, 0.15) is 5.56 Å². The smallest absolute Gasteiger partial charge is 0.0541 e. The molecule has 4 nitrogen and oxygen atoms in total. The van der Waals surface area contributed by atoms with E-state index in [2.05, 4.69) is 15.7 Å². The van der Waals surface area contributed by atoms with Crippen molar-refractivity contribution in [2.75, 3.05) is 0 Å². The molecule has 0 bridgehead atoms. The number of nitroso groups, excluding NO2 is 1. The third kappa shape index (κ3) is 3.81. The topological polar surface area (TPSA) is 53.8 Å². The Morgan fingerprint density at radius 2 is 2.00 bits per heavy atom. The minimum atomic E-state index is 1.01. The summed E-state index contributed by atoms with van der Waals surface area (Å²) < 4.78 is 0. The quantitative estimate of drug-likeness (QED) is 0.431. The predicted octanol–water partition coefficient (Wildman–Crippen LogP) is 1.85. The zero-order valence-electron chi connectivity index (χ0n) is 6.92. The summed E-state index contributed by atoms with van der Waals surface area (Å²) in [4.78, 5) is 13.5. The van der Waals surface area contributed by atoms with E-state index >= 15 is 0 Å². The number of aliphatic imine (C=N–C) groups is 1. The Hall–Kier alpha value is -1.97. The molecule has 0 atom stereocenters. The van der Waals surface area contributed by atoms with Crippen molar-refractivity contribution in [3.8, 4) is 0 Å². The van der Waals surface area contributed by atoms with E-state index in [4.69, 9.17) is 0 Å². The number of benzene rings is 1. The lowest BCUT2D eigenvalue weighted by atomic mass is 10.2. The SMILES string of the molecule is O=NN/C=C\N=Cc1ccccc1. The highest BCUT2D eigenvalue weighted by Crippen LogP contribution is 1.93. The molecule has 0 saturated heterocycles. The molecule has 0 heterocycles. The van der Waals surface area contributed by atoms with Gasteiger partial charge in [0.05, 0.1) is 5.29 Å². The zero-order valence-corrected chi connectivity index (χ0v) is 6.92. The monoisotopic (exact) mass is 175 g/mol. The van der Waals surface area contributed by atoms with Gasteiger partial charge in [0.25, 0.3) is 0 Å². The van der Waals surface area contributed by atoms with Crippen LogP contribution in [-0.4, -0.2) is 6.21 Å². The summed E-state index contributed by atoms with van der Waals surface area (Å²) >= 11 is 0. The first kappa shape index (κ1) is 9.12. The van der Waals surface area contributed by atoms with Gasteiger partial charge in [-0.25, -0.2) is 5.43 Å². The third-order valence-corrected chi connectivity index (χ3v) is 1.31. The number of nitrogens with zero attached hydrogens (tertiary/aromatic N) is 2. The standard InChI is InChI=1S/C9H9N3O/c13-12-11-7-6-10-8-9-4-2-1-3-5-9/h1-8H,(H,11,13)/b7-6-,10-8?. The lowest BCUT2D eigenvalue weighted by Crippen LogP contribution is -1.87. The van der Waals surface area contributed by atoms with Crippen LogP contribution in [0.4, 0.5) is 0 Å². The van der Waals surface area contributed by atoms with Crippen molar-refractivity contribution < 1.29 is 0 Å². The largest absolute Gasteiger partial charge is 0.263 e. The molecule has 0 saturated carbocycles. The molecular weight excluding hydrogens is 166 g/mol. The minimum Gasteiger partial charge on any atom is -0.263 e. The van der Waals surface area contributed by atoms with Gasteiger partial charge in [-0.15, -0.1) is 4.91 Å². The van der Waals surface area contributed by atoms with Crippen LogP contribution in [0.5, 0.6) is 0 Å². The summed E-state index contributed by atoms with van der Waals surface area (Å²) in [7, 11) is 0. The number of hydrogen-bond acceptors (Lipinski definition) is 3.